The Bertz CT molecular complexity index is 1580. The predicted octanol–water partition coefficient (Wildman–Crippen LogP) is 5.44. The van der Waals surface area contributed by atoms with Crippen LogP contribution in [0.2, 0.25) is 0 Å². The topological polar surface area (TPSA) is 105 Å². The molecule has 180 valence electrons. The second-order valence-electron chi connectivity index (χ2n) is 8.82. The van der Waals surface area contributed by atoms with E-state index in [1.165, 1.54) is 6.33 Å². The zero-order valence-corrected chi connectivity index (χ0v) is 20.2. The number of benzene rings is 2. The van der Waals surface area contributed by atoms with Crippen LogP contribution in [0.5, 0.6) is 11.5 Å². The molecule has 0 saturated heterocycles. The van der Waals surface area contributed by atoms with Crippen molar-refractivity contribution >= 4 is 28.9 Å². The van der Waals surface area contributed by atoms with Crippen molar-refractivity contribution in [1.82, 2.24) is 19.1 Å². The van der Waals surface area contributed by atoms with Gasteiger partial charge in [0.15, 0.2) is 12.1 Å². The number of fused-ring (bicyclic) bond motifs is 1. The zero-order valence-electron chi connectivity index (χ0n) is 20.2. The van der Waals surface area contributed by atoms with Gasteiger partial charge in [0, 0.05) is 36.6 Å². The van der Waals surface area contributed by atoms with Gasteiger partial charge in [0.1, 0.15) is 29.3 Å². The van der Waals surface area contributed by atoms with E-state index in [1.54, 1.807) is 48.1 Å². The van der Waals surface area contributed by atoms with Crippen molar-refractivity contribution in [2.75, 3.05) is 5.73 Å². The van der Waals surface area contributed by atoms with E-state index >= 15 is 0 Å². The van der Waals surface area contributed by atoms with Gasteiger partial charge in [-0.3, -0.25) is 9.59 Å². The summed E-state index contributed by atoms with van der Waals surface area (Å²) in [5.74, 6) is 1.48. The average molecular weight is 480 g/mol. The van der Waals surface area contributed by atoms with Crippen LogP contribution in [0.1, 0.15) is 46.3 Å². The Labute approximate surface area is 208 Å². The molecule has 0 aliphatic rings. The van der Waals surface area contributed by atoms with Crippen LogP contribution in [0.4, 0.5) is 5.82 Å². The highest BCUT2D eigenvalue weighted by molar-refractivity contribution is 6.12. The van der Waals surface area contributed by atoms with Crippen LogP contribution in [0, 0.1) is 0 Å². The van der Waals surface area contributed by atoms with Crippen molar-refractivity contribution in [3.63, 3.8) is 0 Å². The van der Waals surface area contributed by atoms with Crippen molar-refractivity contribution in [3.8, 4) is 22.6 Å². The van der Waals surface area contributed by atoms with E-state index in [9.17, 15) is 9.59 Å². The Balaban J connectivity index is 1.37. The Morgan fingerprint density at radius 1 is 1.00 bits per heavy atom. The van der Waals surface area contributed by atoms with Crippen molar-refractivity contribution < 1.29 is 14.3 Å². The zero-order chi connectivity index (χ0) is 25.4. The fourth-order valence-electron chi connectivity index (χ4n) is 4.27. The highest BCUT2D eigenvalue weighted by Gasteiger charge is 2.18. The quantitative estimate of drug-likeness (QED) is 0.246. The van der Waals surface area contributed by atoms with Gasteiger partial charge in [0.2, 0.25) is 0 Å². The standard InChI is InChI=1S/C28H25N5O3/c1-17(2)33-14-23(25-27(29)30-16-31-28(25)33)18-4-8-20(9-5-18)36-21-10-6-19(7-11-21)26(35)22-12-13-32(3)24(22)15-34/h4-17H,1-3H3,(H2,29,30,31). The number of ketones is 1. The molecule has 0 bridgehead atoms. The van der Waals surface area contributed by atoms with E-state index in [0.717, 1.165) is 22.2 Å². The Morgan fingerprint density at radius 3 is 2.31 bits per heavy atom. The number of nitrogens with two attached hydrogens (primary N) is 1. The lowest BCUT2D eigenvalue weighted by molar-refractivity contribution is 0.102. The first-order valence-corrected chi connectivity index (χ1v) is 11.5. The normalized spacial score (nSPS) is 11.2. The number of rotatable bonds is 7. The number of aromatic nitrogens is 4. The van der Waals surface area contributed by atoms with E-state index in [-0.39, 0.29) is 11.8 Å². The lowest BCUT2D eigenvalue weighted by atomic mass is 10.0. The smallest absolute Gasteiger partial charge is 0.195 e. The lowest BCUT2D eigenvalue weighted by Crippen LogP contribution is -2.05. The number of ether oxygens (including phenoxy) is 1. The number of carbonyl (C=O) groups excluding carboxylic acids is 2. The third kappa shape index (κ3) is 4.02. The highest BCUT2D eigenvalue weighted by atomic mass is 16.5. The van der Waals surface area contributed by atoms with Gasteiger partial charge in [0.25, 0.3) is 0 Å². The van der Waals surface area contributed by atoms with E-state index in [1.807, 2.05) is 24.3 Å². The number of nitrogen functional groups attached to an aromatic ring is 1. The molecule has 0 fully saturated rings. The molecule has 8 nitrogen and oxygen atoms in total. The van der Waals surface area contributed by atoms with E-state index < -0.39 is 0 Å². The number of hydrogen-bond donors (Lipinski definition) is 1. The first kappa shape index (κ1) is 23.0. The monoisotopic (exact) mass is 479 g/mol. The Morgan fingerprint density at radius 2 is 1.67 bits per heavy atom. The molecule has 0 aliphatic carbocycles. The molecular formula is C28H25N5O3. The van der Waals surface area contributed by atoms with Crippen molar-refractivity contribution in [3.05, 3.63) is 90.1 Å². The van der Waals surface area contributed by atoms with Crippen molar-refractivity contribution in [1.29, 1.82) is 0 Å². The van der Waals surface area contributed by atoms with Gasteiger partial charge in [-0.25, -0.2) is 9.97 Å². The molecular weight excluding hydrogens is 454 g/mol. The van der Waals surface area contributed by atoms with Crippen molar-refractivity contribution in [2.45, 2.75) is 19.9 Å². The minimum Gasteiger partial charge on any atom is -0.457 e. The van der Waals surface area contributed by atoms with Crippen LogP contribution in [-0.2, 0) is 7.05 Å². The van der Waals surface area contributed by atoms with E-state index in [2.05, 4.69) is 34.6 Å². The maximum atomic E-state index is 12.8. The summed E-state index contributed by atoms with van der Waals surface area (Å²) in [5.41, 5.74) is 10.1. The third-order valence-electron chi connectivity index (χ3n) is 6.19. The van der Waals surface area contributed by atoms with E-state index in [4.69, 9.17) is 10.5 Å². The summed E-state index contributed by atoms with van der Waals surface area (Å²) in [6, 6.07) is 16.4. The molecule has 5 rings (SSSR count). The molecule has 3 aromatic heterocycles. The molecule has 36 heavy (non-hydrogen) atoms. The van der Waals surface area contributed by atoms with Gasteiger partial charge in [-0.05, 0) is 61.9 Å². The second-order valence-corrected chi connectivity index (χ2v) is 8.82. The fraction of sp³-hybridized carbons (Fsp3) is 0.143. The molecule has 0 radical (unpaired) electrons. The molecule has 5 aromatic rings. The largest absolute Gasteiger partial charge is 0.457 e. The van der Waals surface area contributed by atoms with Crippen LogP contribution >= 0.6 is 0 Å². The molecule has 0 unspecified atom stereocenters. The predicted molar refractivity (Wildman–Crippen MR) is 139 cm³/mol. The summed E-state index contributed by atoms with van der Waals surface area (Å²) in [4.78, 5) is 32.7. The summed E-state index contributed by atoms with van der Waals surface area (Å²) in [5, 5.41) is 0.830. The van der Waals surface area contributed by atoms with Crippen LogP contribution in [-0.4, -0.2) is 31.2 Å². The molecule has 0 saturated carbocycles. The molecule has 0 aliphatic heterocycles. The molecule has 0 amide bonds. The van der Waals surface area contributed by atoms with Crippen LogP contribution in [0.15, 0.2) is 73.3 Å². The summed E-state index contributed by atoms with van der Waals surface area (Å²) < 4.78 is 9.70. The molecule has 2 aromatic carbocycles. The lowest BCUT2D eigenvalue weighted by Gasteiger charge is -2.08. The highest BCUT2D eigenvalue weighted by Crippen LogP contribution is 2.35. The van der Waals surface area contributed by atoms with Crippen LogP contribution in [0.3, 0.4) is 0 Å². The van der Waals surface area contributed by atoms with Crippen LogP contribution in [0.25, 0.3) is 22.2 Å². The summed E-state index contributed by atoms with van der Waals surface area (Å²) in [6.45, 7) is 4.19. The maximum absolute atomic E-state index is 12.8. The maximum Gasteiger partial charge on any atom is 0.195 e. The van der Waals surface area contributed by atoms with Crippen LogP contribution < -0.4 is 10.5 Å². The Hall–Kier alpha value is -4.72. The molecule has 3 heterocycles. The average Bonchev–Trinajstić information content (AvgIpc) is 3.46. The number of carbonyl (C=O) groups is 2. The van der Waals surface area contributed by atoms with Crippen molar-refractivity contribution in [2.24, 2.45) is 7.05 Å². The summed E-state index contributed by atoms with van der Waals surface area (Å²) >= 11 is 0. The number of nitrogens with zero attached hydrogens (tertiary/aromatic N) is 4. The molecule has 8 heteroatoms. The number of hydrogen-bond acceptors (Lipinski definition) is 6. The first-order chi connectivity index (χ1) is 17.4. The van der Waals surface area contributed by atoms with Gasteiger partial charge in [0.05, 0.1) is 16.6 Å². The van der Waals surface area contributed by atoms with Gasteiger partial charge < -0.3 is 19.6 Å². The number of anilines is 1. The molecule has 2 N–H and O–H groups in total. The summed E-state index contributed by atoms with van der Waals surface area (Å²) in [7, 11) is 1.73. The SMILES string of the molecule is CC(C)n1cc(-c2ccc(Oc3ccc(C(=O)c4ccn(C)c4C=O)cc3)cc2)c2c(N)ncnc21. The number of aldehydes is 1. The number of aryl methyl sites for hydroxylation is 1. The minimum atomic E-state index is -0.211. The van der Waals surface area contributed by atoms with E-state index in [0.29, 0.717) is 40.4 Å². The molecule has 0 spiro atoms. The minimum absolute atomic E-state index is 0.211. The summed E-state index contributed by atoms with van der Waals surface area (Å²) in [6.07, 6.45) is 5.92. The van der Waals surface area contributed by atoms with Gasteiger partial charge in [-0.2, -0.15) is 0 Å². The second kappa shape index (κ2) is 9.14. The van der Waals surface area contributed by atoms with Gasteiger partial charge in [-0.1, -0.05) is 12.1 Å². The molecule has 0 atom stereocenters. The fourth-order valence-corrected chi connectivity index (χ4v) is 4.27. The first-order valence-electron chi connectivity index (χ1n) is 11.5. The van der Waals surface area contributed by atoms with Gasteiger partial charge in [-0.15, -0.1) is 0 Å². The van der Waals surface area contributed by atoms with Gasteiger partial charge >= 0.3 is 0 Å². The third-order valence-corrected chi connectivity index (χ3v) is 6.19. The Kier molecular flexibility index (Phi) is 5.85.